The zero-order valence-corrected chi connectivity index (χ0v) is 63.6. The molecule has 0 saturated heterocycles. The Labute approximate surface area is 673 Å². The van der Waals surface area contributed by atoms with E-state index in [0.717, 1.165) is 11.4 Å². The van der Waals surface area contributed by atoms with Gasteiger partial charge in [-0.25, -0.2) is 0 Å². The molecule has 2 heterocycles. The van der Waals surface area contributed by atoms with Crippen LogP contribution in [0.15, 0.2) is 449 Å². The normalized spacial score (nSPS) is 11.6. The largest absolute Gasteiger partial charge is 0.309 e. The molecule has 0 fully saturated rings. The summed E-state index contributed by atoms with van der Waals surface area (Å²) in [5, 5.41) is 20.1. The predicted octanol–water partition coefficient (Wildman–Crippen LogP) is 31.5. The highest BCUT2D eigenvalue weighted by Crippen LogP contribution is 2.48. The van der Waals surface area contributed by atoms with Crippen LogP contribution in [0, 0.1) is 0 Å². The van der Waals surface area contributed by atoms with Crippen LogP contribution in [0.4, 0.5) is 0 Å². The van der Waals surface area contributed by atoms with E-state index < -0.39 is 0 Å². The second-order valence-corrected chi connectivity index (χ2v) is 30.5. The van der Waals surface area contributed by atoms with Gasteiger partial charge in [-0.05, 0) is 232 Å². The van der Waals surface area contributed by atoms with E-state index in [-0.39, 0.29) is 0 Å². The molecule has 0 radical (unpaired) electrons. The monoisotopic (exact) mass is 1470 g/mol. The first-order valence-electron chi connectivity index (χ1n) is 40.1. The lowest BCUT2D eigenvalue weighted by molar-refractivity contribution is 1.18. The molecule has 23 aromatic rings. The molecule has 116 heavy (non-hydrogen) atoms. The number of fused-ring (bicyclic) bond motifs is 12. The first-order chi connectivity index (χ1) is 57.5. The van der Waals surface area contributed by atoms with E-state index in [1.165, 1.54) is 208 Å². The third-order valence-electron chi connectivity index (χ3n) is 24.0. The van der Waals surface area contributed by atoms with E-state index in [4.69, 9.17) is 0 Å². The summed E-state index contributed by atoms with van der Waals surface area (Å²) < 4.78 is 4.83. The molecule has 0 amide bonds. The lowest BCUT2D eigenvalue weighted by atomic mass is 9.85. The van der Waals surface area contributed by atoms with Crippen LogP contribution < -0.4 is 0 Å². The van der Waals surface area contributed by atoms with Crippen LogP contribution in [0.5, 0.6) is 0 Å². The molecule has 0 bridgehead atoms. The molecule has 21 aromatic carbocycles. The van der Waals surface area contributed by atoms with E-state index in [2.05, 4.69) is 458 Å². The Bertz CT molecular complexity index is 7620. The van der Waals surface area contributed by atoms with Crippen molar-refractivity contribution in [1.82, 2.24) is 9.13 Å². The molecule has 0 unspecified atom stereocenters. The van der Waals surface area contributed by atoms with E-state index in [0.29, 0.717) is 0 Å². The lowest BCUT2D eigenvalue weighted by Gasteiger charge is -2.18. The number of rotatable bonds is 11. The van der Waals surface area contributed by atoms with Crippen LogP contribution in [-0.2, 0) is 0 Å². The summed E-state index contributed by atoms with van der Waals surface area (Å²) in [5.41, 5.74) is 29.3. The molecule has 540 valence electrons. The van der Waals surface area contributed by atoms with E-state index in [9.17, 15) is 0 Å². The fourth-order valence-corrected chi connectivity index (χ4v) is 18.5. The molecule has 0 aliphatic heterocycles. The Hall–Kier alpha value is -15.2. The van der Waals surface area contributed by atoms with Gasteiger partial charge < -0.3 is 9.13 Å². The molecule has 0 N–H and O–H groups in total. The van der Waals surface area contributed by atoms with Crippen molar-refractivity contribution in [2.75, 3.05) is 0 Å². The van der Waals surface area contributed by atoms with Crippen LogP contribution in [0.1, 0.15) is 0 Å². The highest BCUT2D eigenvalue weighted by molar-refractivity contribution is 6.24. The van der Waals surface area contributed by atoms with Crippen LogP contribution >= 0.6 is 0 Å². The summed E-state index contributed by atoms with van der Waals surface area (Å²) in [6.45, 7) is 0. The second kappa shape index (κ2) is 28.5. The van der Waals surface area contributed by atoms with Crippen molar-refractivity contribution < 1.29 is 0 Å². The molecule has 2 aromatic heterocycles. The second-order valence-electron chi connectivity index (χ2n) is 30.5. The van der Waals surface area contributed by atoms with Crippen molar-refractivity contribution in [2.24, 2.45) is 0 Å². The van der Waals surface area contributed by atoms with Gasteiger partial charge in [0, 0.05) is 32.9 Å². The number of benzene rings is 21. The Balaban J connectivity index is 0.000000141. The van der Waals surface area contributed by atoms with Crippen molar-refractivity contribution in [3.8, 4) is 112 Å². The first-order valence-corrected chi connectivity index (χ1v) is 40.1. The molecule has 0 aliphatic rings. The summed E-state index contributed by atoms with van der Waals surface area (Å²) in [6.07, 6.45) is 0. The number of nitrogens with zero attached hydrogens (tertiary/aromatic N) is 2. The minimum Gasteiger partial charge on any atom is -0.309 e. The van der Waals surface area contributed by atoms with Gasteiger partial charge in [-0.2, -0.15) is 0 Å². The topological polar surface area (TPSA) is 9.86 Å². The average Bonchev–Trinajstić information content (AvgIpc) is 1.14. The minimum absolute atomic E-state index is 1.14. The third-order valence-corrected chi connectivity index (χ3v) is 24.0. The molecule has 0 saturated carbocycles. The molecule has 0 aliphatic carbocycles. The van der Waals surface area contributed by atoms with E-state index in [1.54, 1.807) is 0 Å². The highest BCUT2D eigenvalue weighted by Gasteiger charge is 2.22. The Morgan fingerprint density at radius 2 is 0.388 bits per heavy atom. The molecule has 2 nitrogen and oxygen atoms in total. The maximum Gasteiger partial charge on any atom is 0.0541 e. The van der Waals surface area contributed by atoms with E-state index in [1.807, 2.05) is 0 Å². The fraction of sp³-hybridized carbons (Fsp3) is 0. The number of hydrogen-bond donors (Lipinski definition) is 0. The van der Waals surface area contributed by atoms with Gasteiger partial charge in [-0.15, -0.1) is 0 Å². The number of aromatic nitrogens is 2. The van der Waals surface area contributed by atoms with Gasteiger partial charge in [0.25, 0.3) is 0 Å². The standard InChI is InChI=1S/C60H39N.C54H35N/c1-2-13-40(14-3-1)41-25-27-42(28-26-41)47-35-38-58-56(39-47)51-18-10-11-24-57(51)61(58)48-36-33-46(34-37-48)60-54-21-8-6-19-52(54)59(53-20-7-9-22-55(53)60)45-31-29-44(30-32-45)50-23-12-16-43-15-4-5-17-49(43)50;1-2-12-36(13-3-1)38-22-24-39(25-23-38)42-30-33-52-50(35-42)45-16-10-11-21-51(45)55(52)44-31-28-40(29-32-44)53-46-17-6-8-19-48(46)54(49-20-9-7-18-47(49)53)43-27-26-37-14-4-5-15-41(37)34-43/h1-39H;1-35H. The van der Waals surface area contributed by atoms with Crippen LogP contribution in [0.3, 0.4) is 0 Å². The summed E-state index contributed by atoms with van der Waals surface area (Å²) in [4.78, 5) is 0. The minimum atomic E-state index is 1.14. The van der Waals surface area contributed by atoms with Crippen molar-refractivity contribution in [1.29, 1.82) is 0 Å². The Morgan fingerprint density at radius 1 is 0.121 bits per heavy atom. The van der Waals surface area contributed by atoms with Gasteiger partial charge in [0.05, 0.1) is 22.1 Å². The smallest absolute Gasteiger partial charge is 0.0541 e. The summed E-state index contributed by atoms with van der Waals surface area (Å²) in [7, 11) is 0. The molecule has 0 spiro atoms. The maximum absolute atomic E-state index is 2.41. The lowest BCUT2D eigenvalue weighted by Crippen LogP contribution is -1.95. The molecule has 23 rings (SSSR count). The molecular formula is C114H74N2. The van der Waals surface area contributed by atoms with Gasteiger partial charge in [-0.1, -0.05) is 382 Å². The Kier molecular flexibility index (Phi) is 16.6. The van der Waals surface area contributed by atoms with Gasteiger partial charge in [-0.3, -0.25) is 0 Å². The van der Waals surface area contributed by atoms with Gasteiger partial charge >= 0.3 is 0 Å². The fourth-order valence-electron chi connectivity index (χ4n) is 18.5. The van der Waals surface area contributed by atoms with Gasteiger partial charge in [0.15, 0.2) is 0 Å². The van der Waals surface area contributed by atoms with E-state index >= 15 is 0 Å². The summed E-state index contributed by atoms with van der Waals surface area (Å²) in [5.74, 6) is 0. The number of para-hydroxylation sites is 2. The predicted molar refractivity (Wildman–Crippen MR) is 496 cm³/mol. The van der Waals surface area contributed by atoms with Crippen molar-refractivity contribution >= 4 is 108 Å². The molecule has 0 atom stereocenters. The van der Waals surface area contributed by atoms with Crippen LogP contribution in [-0.4, -0.2) is 9.13 Å². The highest BCUT2D eigenvalue weighted by atomic mass is 15.0. The van der Waals surface area contributed by atoms with Crippen molar-refractivity contribution in [3.63, 3.8) is 0 Å². The zero-order chi connectivity index (χ0) is 76.6. The van der Waals surface area contributed by atoms with Crippen LogP contribution in [0.2, 0.25) is 0 Å². The summed E-state index contributed by atoms with van der Waals surface area (Å²) >= 11 is 0. The summed E-state index contributed by atoms with van der Waals surface area (Å²) in [6, 6.07) is 164. The van der Waals surface area contributed by atoms with Crippen molar-refractivity contribution in [2.45, 2.75) is 0 Å². The SMILES string of the molecule is c1ccc(-c2ccc(-c3ccc4c(c3)c3ccccc3n4-c3ccc(-c4c5ccccc5c(-c5ccc(-c6cccc7ccccc67)cc5)c5ccccc45)cc3)cc2)cc1.c1ccc(-c2ccc(-c3ccc4c(c3)c3ccccc3n4-c3ccc(-c4c5ccccc5c(-c5ccc6ccccc6c5)c5ccccc45)cc3)cc2)cc1. The maximum atomic E-state index is 2.41. The van der Waals surface area contributed by atoms with Crippen LogP contribution in [0.25, 0.3) is 220 Å². The first kappa shape index (κ1) is 67.7. The third kappa shape index (κ3) is 11.7. The van der Waals surface area contributed by atoms with Crippen molar-refractivity contribution in [3.05, 3.63) is 449 Å². The quantitative estimate of drug-likeness (QED) is 0.114. The van der Waals surface area contributed by atoms with Gasteiger partial charge in [0.1, 0.15) is 0 Å². The average molecular weight is 1470 g/mol. The zero-order valence-electron chi connectivity index (χ0n) is 63.6. The molecular weight excluding hydrogens is 1400 g/mol. The van der Waals surface area contributed by atoms with Gasteiger partial charge in [0.2, 0.25) is 0 Å². The molecule has 2 heteroatoms. The number of hydrogen-bond acceptors (Lipinski definition) is 0. The Morgan fingerprint density at radius 3 is 0.802 bits per heavy atom.